The maximum absolute atomic E-state index is 8.88. The van der Waals surface area contributed by atoms with Gasteiger partial charge in [-0.3, -0.25) is 0 Å². The molecule has 86 valence electrons. The van der Waals surface area contributed by atoms with Gasteiger partial charge in [0.05, 0.1) is 5.56 Å². The van der Waals surface area contributed by atoms with E-state index in [0.717, 1.165) is 0 Å². The van der Waals surface area contributed by atoms with E-state index in [-0.39, 0.29) is 6.04 Å². The van der Waals surface area contributed by atoms with E-state index in [0.29, 0.717) is 24.0 Å². The van der Waals surface area contributed by atoms with E-state index in [2.05, 4.69) is 32.2 Å². The SMILES string of the molecule is CC(C)NC(C)COc1ccccc1C#N. The number of nitrogens with zero attached hydrogens (tertiary/aromatic N) is 1. The van der Waals surface area contributed by atoms with Crippen LogP contribution < -0.4 is 10.1 Å². The summed E-state index contributed by atoms with van der Waals surface area (Å²) in [6.45, 7) is 6.82. The Kier molecular flexibility index (Phi) is 4.81. The minimum absolute atomic E-state index is 0.270. The van der Waals surface area contributed by atoms with Gasteiger partial charge in [-0.2, -0.15) is 5.26 Å². The predicted octanol–water partition coefficient (Wildman–Crippen LogP) is 2.32. The first-order valence-corrected chi connectivity index (χ1v) is 5.51. The molecule has 1 N–H and O–H groups in total. The maximum Gasteiger partial charge on any atom is 0.137 e. The first-order chi connectivity index (χ1) is 7.63. The average Bonchev–Trinajstić information content (AvgIpc) is 2.26. The fraction of sp³-hybridized carbons (Fsp3) is 0.462. The molecule has 0 aliphatic carbocycles. The molecule has 0 amide bonds. The van der Waals surface area contributed by atoms with Crippen molar-refractivity contribution in [2.75, 3.05) is 6.61 Å². The lowest BCUT2D eigenvalue weighted by atomic mass is 10.2. The Morgan fingerprint density at radius 2 is 2.00 bits per heavy atom. The van der Waals surface area contributed by atoms with Crippen LogP contribution in [0.15, 0.2) is 24.3 Å². The summed E-state index contributed by atoms with van der Waals surface area (Å²) in [4.78, 5) is 0. The number of nitrogens with one attached hydrogen (secondary N) is 1. The summed E-state index contributed by atoms with van der Waals surface area (Å²) in [5, 5.41) is 12.2. The molecule has 0 bridgehead atoms. The van der Waals surface area contributed by atoms with Crippen LogP contribution in [0.1, 0.15) is 26.3 Å². The van der Waals surface area contributed by atoms with Crippen molar-refractivity contribution in [3.8, 4) is 11.8 Å². The minimum Gasteiger partial charge on any atom is -0.491 e. The van der Waals surface area contributed by atoms with Gasteiger partial charge in [-0.05, 0) is 19.1 Å². The number of ether oxygens (including phenoxy) is 1. The molecular formula is C13H18N2O. The van der Waals surface area contributed by atoms with Gasteiger partial charge in [0.1, 0.15) is 18.4 Å². The molecule has 3 nitrogen and oxygen atoms in total. The highest BCUT2D eigenvalue weighted by atomic mass is 16.5. The fourth-order valence-electron chi connectivity index (χ4n) is 1.52. The van der Waals surface area contributed by atoms with Crippen LogP contribution in [0.5, 0.6) is 5.75 Å². The van der Waals surface area contributed by atoms with E-state index in [4.69, 9.17) is 10.00 Å². The normalized spacial score (nSPS) is 12.2. The molecule has 0 heterocycles. The lowest BCUT2D eigenvalue weighted by Gasteiger charge is -2.17. The van der Waals surface area contributed by atoms with Crippen LogP contribution in [0.3, 0.4) is 0 Å². The van der Waals surface area contributed by atoms with Crippen molar-refractivity contribution < 1.29 is 4.74 Å². The number of benzene rings is 1. The Bertz CT molecular complexity index is 368. The van der Waals surface area contributed by atoms with Crippen molar-refractivity contribution in [1.29, 1.82) is 5.26 Å². The van der Waals surface area contributed by atoms with Gasteiger partial charge in [0, 0.05) is 12.1 Å². The third-order valence-corrected chi connectivity index (χ3v) is 2.11. The molecule has 1 atom stereocenters. The molecule has 0 radical (unpaired) electrons. The van der Waals surface area contributed by atoms with Crippen molar-refractivity contribution in [1.82, 2.24) is 5.32 Å². The molecule has 0 spiro atoms. The lowest BCUT2D eigenvalue weighted by Crippen LogP contribution is -2.36. The fourth-order valence-corrected chi connectivity index (χ4v) is 1.52. The van der Waals surface area contributed by atoms with E-state index in [9.17, 15) is 0 Å². The predicted molar refractivity (Wildman–Crippen MR) is 64.4 cm³/mol. The van der Waals surface area contributed by atoms with E-state index in [1.807, 2.05) is 18.2 Å². The summed E-state index contributed by atoms with van der Waals surface area (Å²) >= 11 is 0. The molecule has 0 fully saturated rings. The topological polar surface area (TPSA) is 45.0 Å². The van der Waals surface area contributed by atoms with Crippen molar-refractivity contribution in [2.45, 2.75) is 32.9 Å². The zero-order chi connectivity index (χ0) is 12.0. The summed E-state index contributed by atoms with van der Waals surface area (Å²) in [6.07, 6.45) is 0. The number of para-hydroxylation sites is 1. The third kappa shape index (κ3) is 3.92. The van der Waals surface area contributed by atoms with Gasteiger partial charge in [-0.15, -0.1) is 0 Å². The van der Waals surface area contributed by atoms with Crippen molar-refractivity contribution in [3.63, 3.8) is 0 Å². The molecule has 1 unspecified atom stereocenters. The smallest absolute Gasteiger partial charge is 0.137 e. The Morgan fingerprint density at radius 3 is 2.62 bits per heavy atom. The molecule has 16 heavy (non-hydrogen) atoms. The molecule has 0 saturated heterocycles. The molecule has 1 rings (SSSR count). The molecule has 0 saturated carbocycles. The van der Waals surface area contributed by atoms with Gasteiger partial charge in [-0.1, -0.05) is 26.0 Å². The van der Waals surface area contributed by atoms with Crippen LogP contribution in [0.4, 0.5) is 0 Å². The summed E-state index contributed by atoms with van der Waals surface area (Å²) in [7, 11) is 0. The first kappa shape index (κ1) is 12.5. The highest BCUT2D eigenvalue weighted by Gasteiger charge is 2.06. The van der Waals surface area contributed by atoms with Crippen LogP contribution in [-0.2, 0) is 0 Å². The number of hydrogen-bond donors (Lipinski definition) is 1. The Hall–Kier alpha value is -1.53. The van der Waals surface area contributed by atoms with Gasteiger partial charge in [-0.25, -0.2) is 0 Å². The Labute approximate surface area is 97.0 Å². The number of hydrogen-bond acceptors (Lipinski definition) is 3. The molecular weight excluding hydrogens is 200 g/mol. The van der Waals surface area contributed by atoms with Gasteiger partial charge < -0.3 is 10.1 Å². The Balaban J connectivity index is 2.52. The second-order valence-electron chi connectivity index (χ2n) is 4.14. The Morgan fingerprint density at radius 1 is 1.31 bits per heavy atom. The van der Waals surface area contributed by atoms with Crippen LogP contribution in [0, 0.1) is 11.3 Å². The number of rotatable bonds is 5. The maximum atomic E-state index is 8.88. The monoisotopic (exact) mass is 218 g/mol. The average molecular weight is 218 g/mol. The molecule has 0 aliphatic rings. The van der Waals surface area contributed by atoms with Crippen molar-refractivity contribution in [3.05, 3.63) is 29.8 Å². The van der Waals surface area contributed by atoms with E-state index in [1.165, 1.54) is 0 Å². The van der Waals surface area contributed by atoms with Crippen molar-refractivity contribution in [2.24, 2.45) is 0 Å². The highest BCUT2D eigenvalue weighted by molar-refractivity contribution is 5.42. The van der Waals surface area contributed by atoms with Gasteiger partial charge >= 0.3 is 0 Å². The molecule has 0 aromatic heterocycles. The molecule has 1 aromatic rings. The molecule has 0 aliphatic heterocycles. The lowest BCUT2D eigenvalue weighted by molar-refractivity contribution is 0.265. The zero-order valence-corrected chi connectivity index (χ0v) is 10.0. The van der Waals surface area contributed by atoms with Crippen LogP contribution in [0.2, 0.25) is 0 Å². The van der Waals surface area contributed by atoms with E-state index < -0.39 is 0 Å². The van der Waals surface area contributed by atoms with Gasteiger partial charge in [0.25, 0.3) is 0 Å². The number of nitriles is 1. The van der Waals surface area contributed by atoms with Crippen LogP contribution in [0.25, 0.3) is 0 Å². The van der Waals surface area contributed by atoms with E-state index >= 15 is 0 Å². The molecule has 1 aromatic carbocycles. The summed E-state index contributed by atoms with van der Waals surface area (Å²) in [5.74, 6) is 0.655. The van der Waals surface area contributed by atoms with Crippen LogP contribution in [-0.4, -0.2) is 18.7 Å². The van der Waals surface area contributed by atoms with E-state index in [1.54, 1.807) is 6.07 Å². The third-order valence-electron chi connectivity index (χ3n) is 2.11. The van der Waals surface area contributed by atoms with Gasteiger partial charge in [0.2, 0.25) is 0 Å². The van der Waals surface area contributed by atoms with Crippen LogP contribution >= 0.6 is 0 Å². The second-order valence-corrected chi connectivity index (χ2v) is 4.14. The largest absolute Gasteiger partial charge is 0.491 e. The molecule has 3 heteroatoms. The second kappa shape index (κ2) is 6.14. The highest BCUT2D eigenvalue weighted by Crippen LogP contribution is 2.16. The van der Waals surface area contributed by atoms with Crippen molar-refractivity contribution >= 4 is 0 Å². The first-order valence-electron chi connectivity index (χ1n) is 5.51. The van der Waals surface area contributed by atoms with Gasteiger partial charge in [0.15, 0.2) is 0 Å². The minimum atomic E-state index is 0.270. The summed E-state index contributed by atoms with van der Waals surface area (Å²) in [6, 6.07) is 10.1. The quantitative estimate of drug-likeness (QED) is 0.825. The summed E-state index contributed by atoms with van der Waals surface area (Å²) in [5.41, 5.74) is 0.583. The zero-order valence-electron chi connectivity index (χ0n) is 10.0. The summed E-state index contributed by atoms with van der Waals surface area (Å²) < 4.78 is 5.61. The standard InChI is InChI=1S/C13H18N2O/c1-10(2)15-11(3)9-16-13-7-5-4-6-12(13)8-14/h4-7,10-11,15H,9H2,1-3H3.